The second-order valence-corrected chi connectivity index (χ2v) is 13.5. The highest BCUT2D eigenvalue weighted by Gasteiger charge is 2.40. The maximum atomic E-state index is 13.3. The summed E-state index contributed by atoms with van der Waals surface area (Å²) in [6.07, 6.45) is 7.48. The smallest absolute Gasteiger partial charge is 0.255 e. The van der Waals surface area contributed by atoms with Crippen LogP contribution in [0.5, 0.6) is 5.75 Å². The average molecular weight is 711 g/mol. The average Bonchev–Trinajstić information content (AvgIpc) is 3.71. The third-order valence-electron chi connectivity index (χ3n) is 9.97. The lowest BCUT2D eigenvalue weighted by Crippen LogP contribution is -2.52. The van der Waals surface area contributed by atoms with E-state index in [-0.39, 0.29) is 43.1 Å². The second kappa shape index (κ2) is 14.6. The van der Waals surface area contributed by atoms with Crippen LogP contribution in [0.3, 0.4) is 0 Å². The van der Waals surface area contributed by atoms with Crippen molar-refractivity contribution in [3.8, 4) is 16.9 Å². The predicted octanol–water partition coefficient (Wildman–Crippen LogP) is 5.02. The second-order valence-electron chi connectivity index (χ2n) is 13.1. The summed E-state index contributed by atoms with van der Waals surface area (Å²) in [6, 6.07) is 12.3. The SMILES string of the molecule is CCc1c[nH]c2ncc(-c3cccc(N4CCN(C(=O)CCCCCOc5cccc6c5CN(C5CCC(=O)NC5=O)C6=O)CC4=O)c3)c(Cl)c12. The molecule has 2 N–H and O–H groups in total. The minimum Gasteiger partial charge on any atom is -0.493 e. The Labute approximate surface area is 300 Å². The van der Waals surface area contributed by atoms with Gasteiger partial charge in [0.05, 0.1) is 18.2 Å². The van der Waals surface area contributed by atoms with Crippen molar-refractivity contribution in [2.75, 3.05) is 31.1 Å². The summed E-state index contributed by atoms with van der Waals surface area (Å²) >= 11 is 6.86. The quantitative estimate of drug-likeness (QED) is 0.164. The number of aromatic amines is 1. The van der Waals surface area contributed by atoms with Crippen molar-refractivity contribution in [2.45, 2.75) is 64.5 Å². The Morgan fingerprint density at radius 1 is 1.02 bits per heavy atom. The van der Waals surface area contributed by atoms with Crippen LogP contribution in [0.15, 0.2) is 54.9 Å². The number of halogens is 1. The molecule has 2 aromatic heterocycles. The van der Waals surface area contributed by atoms with Gasteiger partial charge in [-0.15, -0.1) is 0 Å². The molecule has 7 rings (SSSR count). The lowest BCUT2D eigenvalue weighted by atomic mass is 10.0. The number of anilines is 1. The van der Waals surface area contributed by atoms with Gasteiger partial charge in [0.25, 0.3) is 5.91 Å². The number of hydrogen-bond donors (Lipinski definition) is 2. The van der Waals surface area contributed by atoms with E-state index in [1.54, 1.807) is 28.1 Å². The first kappa shape index (κ1) is 34.2. The monoisotopic (exact) mass is 710 g/mol. The number of benzene rings is 2. The number of ether oxygens (including phenoxy) is 1. The summed E-state index contributed by atoms with van der Waals surface area (Å²) in [5.74, 6) is -0.594. The zero-order valence-corrected chi connectivity index (χ0v) is 29.1. The summed E-state index contributed by atoms with van der Waals surface area (Å²) in [6.45, 7) is 3.60. The molecule has 3 aliphatic rings. The van der Waals surface area contributed by atoms with Crippen molar-refractivity contribution in [3.05, 3.63) is 76.6 Å². The molecule has 0 bridgehead atoms. The lowest BCUT2D eigenvalue weighted by Gasteiger charge is -2.34. The van der Waals surface area contributed by atoms with Crippen LogP contribution in [-0.4, -0.2) is 81.6 Å². The molecule has 5 heterocycles. The molecule has 13 heteroatoms. The molecule has 2 saturated heterocycles. The number of piperidine rings is 1. The van der Waals surface area contributed by atoms with E-state index in [9.17, 15) is 24.0 Å². The maximum absolute atomic E-state index is 13.3. The van der Waals surface area contributed by atoms with Crippen LogP contribution in [0.2, 0.25) is 5.02 Å². The summed E-state index contributed by atoms with van der Waals surface area (Å²) in [5.41, 5.74) is 5.50. The molecule has 0 radical (unpaired) electrons. The van der Waals surface area contributed by atoms with E-state index < -0.39 is 11.9 Å². The van der Waals surface area contributed by atoms with Crippen molar-refractivity contribution in [1.29, 1.82) is 0 Å². The van der Waals surface area contributed by atoms with Crippen molar-refractivity contribution in [3.63, 3.8) is 0 Å². The van der Waals surface area contributed by atoms with Gasteiger partial charge in [-0.25, -0.2) is 4.98 Å². The highest BCUT2D eigenvalue weighted by molar-refractivity contribution is 6.38. The number of carbonyl (C=O) groups is 5. The van der Waals surface area contributed by atoms with Crippen molar-refractivity contribution >= 4 is 57.9 Å². The predicted molar refractivity (Wildman–Crippen MR) is 191 cm³/mol. The van der Waals surface area contributed by atoms with E-state index in [1.165, 1.54) is 4.90 Å². The highest BCUT2D eigenvalue weighted by Crippen LogP contribution is 2.37. The minimum atomic E-state index is -0.680. The zero-order valence-electron chi connectivity index (χ0n) is 28.4. The standard InChI is InChI=1S/C38H39ClN6O6/c1-2-23-19-40-36-34(23)35(39)27(20-41-36)24-8-6-9-25(18-24)44-16-15-43(22-33(44)48)32(47)12-4-3-5-17-51-30-11-7-10-26-28(30)21-45(38(26)50)29-13-14-31(46)42-37(29)49/h6-11,18-20,29H,2-5,12-17,21-22H2,1H3,(H,40,41)(H,42,46,49). The number of fused-ring (bicyclic) bond motifs is 2. The molecule has 0 aliphatic carbocycles. The van der Waals surface area contributed by atoms with Gasteiger partial charge in [0, 0.05) is 66.1 Å². The number of aromatic nitrogens is 2. The maximum Gasteiger partial charge on any atom is 0.255 e. The number of carbonyl (C=O) groups excluding carboxylic acids is 5. The normalized spacial score (nSPS) is 17.7. The lowest BCUT2D eigenvalue weighted by molar-refractivity contribution is -0.137. The van der Waals surface area contributed by atoms with Gasteiger partial charge in [-0.1, -0.05) is 36.7 Å². The van der Waals surface area contributed by atoms with Crippen molar-refractivity contribution in [2.24, 2.45) is 0 Å². The van der Waals surface area contributed by atoms with Gasteiger partial charge in [0.2, 0.25) is 23.6 Å². The molecule has 264 valence electrons. The zero-order chi connectivity index (χ0) is 35.6. The van der Waals surface area contributed by atoms with E-state index in [1.807, 2.05) is 36.5 Å². The van der Waals surface area contributed by atoms with E-state index >= 15 is 0 Å². The summed E-state index contributed by atoms with van der Waals surface area (Å²) in [7, 11) is 0. The summed E-state index contributed by atoms with van der Waals surface area (Å²) in [5, 5.41) is 3.86. The Morgan fingerprint density at radius 3 is 2.67 bits per heavy atom. The number of nitrogens with zero attached hydrogens (tertiary/aromatic N) is 4. The minimum absolute atomic E-state index is 0.0251. The number of hydrogen-bond acceptors (Lipinski definition) is 7. The van der Waals surface area contributed by atoms with E-state index in [2.05, 4.69) is 22.2 Å². The van der Waals surface area contributed by atoms with Gasteiger partial charge in [-0.2, -0.15) is 0 Å². The largest absolute Gasteiger partial charge is 0.493 e. The molecule has 0 spiro atoms. The Kier molecular flexibility index (Phi) is 9.77. The molecule has 51 heavy (non-hydrogen) atoms. The fourth-order valence-electron chi connectivity index (χ4n) is 7.19. The van der Waals surface area contributed by atoms with Crippen LogP contribution in [0.4, 0.5) is 5.69 Å². The molecule has 0 saturated carbocycles. The van der Waals surface area contributed by atoms with Gasteiger partial charge in [0.15, 0.2) is 0 Å². The van der Waals surface area contributed by atoms with E-state index in [0.29, 0.717) is 61.7 Å². The molecule has 12 nitrogen and oxygen atoms in total. The number of rotatable bonds is 11. The Morgan fingerprint density at radius 2 is 1.86 bits per heavy atom. The highest BCUT2D eigenvalue weighted by atomic mass is 35.5. The number of pyridine rings is 1. The fraction of sp³-hybridized carbons (Fsp3) is 0.368. The third kappa shape index (κ3) is 6.80. The topological polar surface area (TPSA) is 145 Å². The molecule has 2 aromatic carbocycles. The van der Waals surface area contributed by atoms with Crippen LogP contribution in [0, 0.1) is 0 Å². The number of aryl methyl sites for hydroxylation is 1. The fourth-order valence-corrected chi connectivity index (χ4v) is 7.56. The van der Waals surface area contributed by atoms with Gasteiger partial charge in [0.1, 0.15) is 24.0 Å². The number of unbranched alkanes of at least 4 members (excludes halogenated alkanes) is 2. The van der Waals surface area contributed by atoms with Crippen LogP contribution >= 0.6 is 11.6 Å². The Hall–Kier alpha value is -5.23. The van der Waals surface area contributed by atoms with E-state index in [4.69, 9.17) is 16.3 Å². The molecular weight excluding hydrogens is 672 g/mol. The van der Waals surface area contributed by atoms with Crippen LogP contribution in [0.25, 0.3) is 22.2 Å². The van der Waals surface area contributed by atoms with Gasteiger partial charge in [-0.05, 0) is 67.5 Å². The van der Waals surface area contributed by atoms with Crippen LogP contribution < -0.4 is 15.0 Å². The first-order valence-corrected chi connectivity index (χ1v) is 17.8. The molecule has 3 aliphatic heterocycles. The summed E-state index contributed by atoms with van der Waals surface area (Å²) < 4.78 is 6.05. The third-order valence-corrected chi connectivity index (χ3v) is 10.4. The first-order chi connectivity index (χ1) is 24.7. The van der Waals surface area contributed by atoms with Gasteiger partial charge < -0.3 is 24.4 Å². The number of amides is 5. The van der Waals surface area contributed by atoms with Crippen molar-refractivity contribution in [1.82, 2.24) is 25.1 Å². The van der Waals surface area contributed by atoms with Gasteiger partial charge >= 0.3 is 0 Å². The molecule has 2 fully saturated rings. The molecule has 1 unspecified atom stereocenters. The number of H-pyrrole nitrogens is 1. The molecular formula is C38H39ClN6O6. The number of piperazine rings is 1. The molecule has 4 aromatic rings. The van der Waals surface area contributed by atoms with Gasteiger partial charge in [-0.3, -0.25) is 29.3 Å². The number of nitrogens with one attached hydrogen (secondary N) is 2. The van der Waals surface area contributed by atoms with Crippen LogP contribution in [0.1, 0.15) is 66.9 Å². The first-order valence-electron chi connectivity index (χ1n) is 17.5. The van der Waals surface area contributed by atoms with Crippen LogP contribution in [-0.2, 0) is 32.1 Å². The molecule has 5 amide bonds. The summed E-state index contributed by atoms with van der Waals surface area (Å²) in [4.78, 5) is 75.9. The Balaban J connectivity index is 0.873. The number of imide groups is 1. The van der Waals surface area contributed by atoms with E-state index in [0.717, 1.165) is 51.8 Å². The molecule has 1 atom stereocenters. The Bertz CT molecular complexity index is 2040. The van der Waals surface area contributed by atoms with Crippen molar-refractivity contribution < 1.29 is 28.7 Å².